The van der Waals surface area contributed by atoms with E-state index in [2.05, 4.69) is 54.7 Å². The second-order valence-electron chi connectivity index (χ2n) is 5.93. The maximum Gasteiger partial charge on any atom is 0.0419 e. The fourth-order valence-electron chi connectivity index (χ4n) is 2.86. The minimum Gasteiger partial charge on any atom is -0.385 e. The van der Waals surface area contributed by atoms with E-state index in [1.165, 1.54) is 67.8 Å². The van der Waals surface area contributed by atoms with Crippen molar-refractivity contribution in [2.24, 2.45) is 0 Å². The van der Waals surface area contributed by atoms with Gasteiger partial charge in [-0.25, -0.2) is 0 Å². The first kappa shape index (κ1) is 15.9. The Kier molecular flexibility index (Phi) is 7.14. The van der Waals surface area contributed by atoms with Crippen LogP contribution in [-0.2, 0) is 0 Å². The van der Waals surface area contributed by atoms with E-state index in [0.717, 1.165) is 6.54 Å². The lowest BCUT2D eigenvalue weighted by Crippen LogP contribution is -2.01. The van der Waals surface area contributed by atoms with Crippen LogP contribution in [0.4, 0.5) is 5.69 Å². The van der Waals surface area contributed by atoms with E-state index in [9.17, 15) is 0 Å². The van der Waals surface area contributed by atoms with Gasteiger partial charge in [0.25, 0.3) is 0 Å². The van der Waals surface area contributed by atoms with Crippen molar-refractivity contribution < 1.29 is 0 Å². The Morgan fingerprint density at radius 2 is 1.38 bits per heavy atom. The van der Waals surface area contributed by atoms with Gasteiger partial charge >= 0.3 is 0 Å². The summed E-state index contributed by atoms with van der Waals surface area (Å²) in [6, 6.07) is 15.1. The van der Waals surface area contributed by atoms with Crippen LogP contribution in [0.15, 0.2) is 42.5 Å². The number of rotatable bonds is 10. The number of benzene rings is 2. The first-order chi connectivity index (χ1) is 10.4. The van der Waals surface area contributed by atoms with Crippen molar-refractivity contribution in [1.82, 2.24) is 0 Å². The summed E-state index contributed by atoms with van der Waals surface area (Å²) in [6.07, 6.45) is 11.0. The molecule has 0 bridgehead atoms. The van der Waals surface area contributed by atoms with E-state index in [4.69, 9.17) is 0 Å². The Bertz CT molecular complexity index is 513. The van der Waals surface area contributed by atoms with Gasteiger partial charge < -0.3 is 5.32 Å². The van der Waals surface area contributed by atoms with Gasteiger partial charge in [-0.1, -0.05) is 88.3 Å². The average Bonchev–Trinajstić information content (AvgIpc) is 2.53. The zero-order chi connectivity index (χ0) is 14.8. The summed E-state index contributed by atoms with van der Waals surface area (Å²) in [6.45, 7) is 3.36. The quantitative estimate of drug-likeness (QED) is 0.498. The molecule has 0 aliphatic heterocycles. The predicted octanol–water partition coefficient (Wildman–Crippen LogP) is 6.39. The second kappa shape index (κ2) is 9.44. The van der Waals surface area contributed by atoms with Gasteiger partial charge in [0.2, 0.25) is 0 Å². The molecule has 0 atom stereocenters. The van der Waals surface area contributed by atoms with Crippen LogP contribution in [0.2, 0.25) is 0 Å². The fourth-order valence-corrected chi connectivity index (χ4v) is 2.86. The van der Waals surface area contributed by atoms with Crippen LogP contribution in [0.5, 0.6) is 0 Å². The Labute approximate surface area is 129 Å². The highest BCUT2D eigenvalue weighted by atomic mass is 14.9. The van der Waals surface area contributed by atoms with Crippen LogP contribution in [0.25, 0.3) is 10.8 Å². The zero-order valence-electron chi connectivity index (χ0n) is 13.4. The van der Waals surface area contributed by atoms with Crippen LogP contribution in [0.1, 0.15) is 58.3 Å². The molecule has 0 aliphatic carbocycles. The van der Waals surface area contributed by atoms with E-state index in [1.54, 1.807) is 0 Å². The van der Waals surface area contributed by atoms with Gasteiger partial charge in [0.05, 0.1) is 0 Å². The molecule has 0 amide bonds. The van der Waals surface area contributed by atoms with E-state index >= 15 is 0 Å². The number of hydrogen-bond donors (Lipinski definition) is 1. The molecule has 2 aromatic carbocycles. The summed E-state index contributed by atoms with van der Waals surface area (Å²) >= 11 is 0. The molecule has 0 heterocycles. The largest absolute Gasteiger partial charge is 0.385 e. The summed E-state index contributed by atoms with van der Waals surface area (Å²) < 4.78 is 0. The second-order valence-corrected chi connectivity index (χ2v) is 5.93. The fraction of sp³-hybridized carbons (Fsp3) is 0.500. The molecule has 0 aromatic heterocycles. The van der Waals surface area contributed by atoms with Crippen LogP contribution >= 0.6 is 0 Å². The Hall–Kier alpha value is -1.50. The smallest absolute Gasteiger partial charge is 0.0419 e. The van der Waals surface area contributed by atoms with Gasteiger partial charge in [-0.05, 0) is 17.9 Å². The summed E-state index contributed by atoms with van der Waals surface area (Å²) in [4.78, 5) is 0. The van der Waals surface area contributed by atoms with E-state index in [0.29, 0.717) is 0 Å². The molecule has 114 valence electrons. The van der Waals surface area contributed by atoms with E-state index in [-0.39, 0.29) is 0 Å². The standard InChI is InChI=1S/C20H29N/c1-2-3-4-5-6-7-8-11-17-21-20-16-12-14-18-13-9-10-15-19(18)20/h9-10,12-16,21H,2-8,11,17H2,1H3. The van der Waals surface area contributed by atoms with Crippen molar-refractivity contribution in [3.05, 3.63) is 42.5 Å². The molecule has 0 saturated carbocycles. The van der Waals surface area contributed by atoms with Gasteiger partial charge in [-0.3, -0.25) is 0 Å². The molecule has 0 saturated heterocycles. The Morgan fingerprint density at radius 3 is 2.19 bits per heavy atom. The summed E-state index contributed by atoms with van der Waals surface area (Å²) in [5.74, 6) is 0. The topological polar surface area (TPSA) is 12.0 Å². The normalized spacial score (nSPS) is 10.9. The van der Waals surface area contributed by atoms with E-state index < -0.39 is 0 Å². The van der Waals surface area contributed by atoms with Crippen molar-refractivity contribution in [2.45, 2.75) is 58.3 Å². The Morgan fingerprint density at radius 1 is 0.714 bits per heavy atom. The van der Waals surface area contributed by atoms with Gasteiger partial charge in [-0.2, -0.15) is 0 Å². The lowest BCUT2D eigenvalue weighted by atomic mass is 10.1. The molecular formula is C20H29N. The van der Waals surface area contributed by atoms with Crippen LogP contribution in [0.3, 0.4) is 0 Å². The number of fused-ring (bicyclic) bond motifs is 1. The highest BCUT2D eigenvalue weighted by Crippen LogP contribution is 2.22. The third-order valence-electron chi connectivity index (χ3n) is 4.14. The van der Waals surface area contributed by atoms with Crippen molar-refractivity contribution in [1.29, 1.82) is 0 Å². The molecule has 1 nitrogen and oxygen atoms in total. The lowest BCUT2D eigenvalue weighted by molar-refractivity contribution is 0.581. The van der Waals surface area contributed by atoms with E-state index in [1.807, 2.05) is 0 Å². The lowest BCUT2D eigenvalue weighted by Gasteiger charge is -2.09. The molecule has 0 radical (unpaired) electrons. The van der Waals surface area contributed by atoms with Gasteiger partial charge in [-0.15, -0.1) is 0 Å². The minimum absolute atomic E-state index is 1.09. The van der Waals surface area contributed by atoms with Gasteiger partial charge in [0.15, 0.2) is 0 Å². The third-order valence-corrected chi connectivity index (χ3v) is 4.14. The monoisotopic (exact) mass is 283 g/mol. The van der Waals surface area contributed by atoms with Crippen molar-refractivity contribution >= 4 is 16.5 Å². The molecule has 2 rings (SSSR count). The molecule has 0 aliphatic rings. The maximum absolute atomic E-state index is 3.60. The zero-order valence-corrected chi connectivity index (χ0v) is 13.4. The van der Waals surface area contributed by atoms with Crippen LogP contribution in [-0.4, -0.2) is 6.54 Å². The highest BCUT2D eigenvalue weighted by molar-refractivity contribution is 5.93. The minimum atomic E-state index is 1.09. The first-order valence-electron chi connectivity index (χ1n) is 8.63. The molecule has 0 spiro atoms. The predicted molar refractivity (Wildman–Crippen MR) is 95.0 cm³/mol. The average molecular weight is 283 g/mol. The SMILES string of the molecule is CCCCCCCCCCNc1cccc2ccccc12. The Balaban J connectivity index is 1.64. The number of hydrogen-bond acceptors (Lipinski definition) is 1. The third kappa shape index (κ3) is 5.41. The number of unbranched alkanes of at least 4 members (excludes halogenated alkanes) is 7. The van der Waals surface area contributed by atoms with Crippen molar-refractivity contribution in [3.8, 4) is 0 Å². The molecular weight excluding hydrogens is 254 g/mol. The molecule has 0 fully saturated rings. The van der Waals surface area contributed by atoms with Gasteiger partial charge in [0.1, 0.15) is 0 Å². The molecule has 0 unspecified atom stereocenters. The van der Waals surface area contributed by atoms with Crippen LogP contribution < -0.4 is 5.32 Å². The van der Waals surface area contributed by atoms with Crippen molar-refractivity contribution in [3.63, 3.8) is 0 Å². The summed E-state index contributed by atoms with van der Waals surface area (Å²) in [5.41, 5.74) is 1.27. The van der Waals surface area contributed by atoms with Crippen LogP contribution in [0, 0.1) is 0 Å². The van der Waals surface area contributed by atoms with Crippen molar-refractivity contribution in [2.75, 3.05) is 11.9 Å². The number of anilines is 1. The molecule has 2 aromatic rings. The van der Waals surface area contributed by atoms with Gasteiger partial charge in [0, 0.05) is 17.6 Å². The summed E-state index contributed by atoms with van der Waals surface area (Å²) in [7, 11) is 0. The highest BCUT2D eigenvalue weighted by Gasteiger charge is 1.99. The number of nitrogens with one attached hydrogen (secondary N) is 1. The molecule has 1 heteroatoms. The first-order valence-corrected chi connectivity index (χ1v) is 8.63. The molecule has 1 N–H and O–H groups in total. The maximum atomic E-state index is 3.60. The summed E-state index contributed by atoms with van der Waals surface area (Å²) in [5, 5.41) is 6.25. The molecule has 21 heavy (non-hydrogen) atoms.